The minimum absolute atomic E-state index is 0.166. The second-order valence-electron chi connectivity index (χ2n) is 6.43. The largest absolute Gasteiger partial charge is 0.370 e. The molecule has 0 aromatic rings. The van der Waals surface area contributed by atoms with E-state index in [4.69, 9.17) is 4.74 Å². The predicted molar refractivity (Wildman–Crippen MR) is 72.2 cm³/mol. The minimum Gasteiger partial charge on any atom is -0.370 e. The van der Waals surface area contributed by atoms with Crippen molar-refractivity contribution in [2.75, 3.05) is 13.6 Å². The summed E-state index contributed by atoms with van der Waals surface area (Å²) in [5, 5.41) is 3.34. The number of hydrogen-bond acceptors (Lipinski definition) is 2. The van der Waals surface area contributed by atoms with Crippen LogP contribution < -0.4 is 5.32 Å². The van der Waals surface area contributed by atoms with E-state index in [1.54, 1.807) is 0 Å². The van der Waals surface area contributed by atoms with Crippen molar-refractivity contribution in [1.82, 2.24) is 5.32 Å². The summed E-state index contributed by atoms with van der Waals surface area (Å²) >= 11 is 0. The molecule has 17 heavy (non-hydrogen) atoms. The fraction of sp³-hybridized carbons (Fsp3) is 1.00. The first-order valence-electron chi connectivity index (χ1n) is 7.48. The van der Waals surface area contributed by atoms with Gasteiger partial charge in [0.25, 0.3) is 0 Å². The van der Waals surface area contributed by atoms with Crippen LogP contribution in [-0.4, -0.2) is 25.3 Å². The topological polar surface area (TPSA) is 21.3 Å². The second-order valence-corrected chi connectivity index (χ2v) is 6.43. The molecule has 3 unspecified atom stereocenters. The zero-order chi connectivity index (χ0) is 12.3. The van der Waals surface area contributed by atoms with E-state index in [1.807, 2.05) is 0 Å². The normalized spacial score (nSPS) is 37.2. The van der Waals surface area contributed by atoms with Crippen molar-refractivity contribution in [1.29, 1.82) is 0 Å². The van der Waals surface area contributed by atoms with Crippen LogP contribution in [0.3, 0.4) is 0 Å². The van der Waals surface area contributed by atoms with Crippen molar-refractivity contribution in [3.05, 3.63) is 0 Å². The first-order chi connectivity index (χ1) is 8.15. The van der Waals surface area contributed by atoms with Crippen molar-refractivity contribution < 1.29 is 4.74 Å². The Labute approximate surface area is 107 Å². The van der Waals surface area contributed by atoms with Crippen LogP contribution >= 0.6 is 0 Å². The van der Waals surface area contributed by atoms with E-state index < -0.39 is 0 Å². The van der Waals surface area contributed by atoms with E-state index in [1.165, 1.54) is 44.9 Å². The molecule has 0 aliphatic heterocycles. The van der Waals surface area contributed by atoms with Gasteiger partial charge in [-0.1, -0.05) is 26.7 Å². The van der Waals surface area contributed by atoms with E-state index in [-0.39, 0.29) is 5.60 Å². The maximum absolute atomic E-state index is 6.54. The van der Waals surface area contributed by atoms with Gasteiger partial charge in [-0.15, -0.1) is 0 Å². The number of ether oxygens (including phenoxy) is 1. The van der Waals surface area contributed by atoms with Gasteiger partial charge in [0, 0.05) is 6.54 Å². The Hall–Kier alpha value is -0.0800. The van der Waals surface area contributed by atoms with Crippen molar-refractivity contribution in [3.63, 3.8) is 0 Å². The molecule has 0 spiro atoms. The first kappa shape index (κ1) is 13.4. The van der Waals surface area contributed by atoms with Gasteiger partial charge in [-0.25, -0.2) is 0 Å². The molecule has 0 saturated heterocycles. The van der Waals surface area contributed by atoms with Crippen LogP contribution in [0.5, 0.6) is 0 Å². The Morgan fingerprint density at radius 3 is 2.41 bits per heavy atom. The van der Waals surface area contributed by atoms with Gasteiger partial charge in [-0.2, -0.15) is 0 Å². The molecule has 0 aromatic carbocycles. The standard InChI is InChI=1S/C15H29NO/c1-12-6-7-14(10-13(12)2)17-15(11-16-3)8-4-5-9-15/h12-14,16H,4-11H2,1-3H3. The van der Waals surface area contributed by atoms with E-state index in [9.17, 15) is 0 Å². The number of hydrogen-bond donors (Lipinski definition) is 1. The highest BCUT2D eigenvalue weighted by Crippen LogP contribution is 2.38. The summed E-state index contributed by atoms with van der Waals surface area (Å²) in [7, 11) is 2.05. The molecule has 1 N–H and O–H groups in total. The van der Waals surface area contributed by atoms with Gasteiger partial charge in [0.1, 0.15) is 0 Å². The van der Waals surface area contributed by atoms with E-state index in [0.29, 0.717) is 6.10 Å². The van der Waals surface area contributed by atoms with Gasteiger partial charge in [0.15, 0.2) is 0 Å². The molecule has 2 saturated carbocycles. The molecule has 3 atom stereocenters. The lowest BCUT2D eigenvalue weighted by Gasteiger charge is -2.39. The quantitative estimate of drug-likeness (QED) is 0.812. The van der Waals surface area contributed by atoms with Gasteiger partial charge in [-0.3, -0.25) is 0 Å². The van der Waals surface area contributed by atoms with Crippen LogP contribution in [0.1, 0.15) is 58.8 Å². The summed E-state index contributed by atoms with van der Waals surface area (Å²) in [6, 6.07) is 0. The third kappa shape index (κ3) is 3.23. The molecular formula is C15H29NO. The molecule has 0 amide bonds. The van der Waals surface area contributed by atoms with Gasteiger partial charge in [0.2, 0.25) is 0 Å². The molecule has 2 rings (SSSR count). The summed E-state index contributed by atoms with van der Waals surface area (Å²) < 4.78 is 6.54. The van der Waals surface area contributed by atoms with E-state index in [0.717, 1.165) is 18.4 Å². The molecule has 2 aliphatic rings. The first-order valence-corrected chi connectivity index (χ1v) is 7.48. The molecule has 0 aromatic heterocycles. The summed E-state index contributed by atoms with van der Waals surface area (Å²) in [4.78, 5) is 0. The van der Waals surface area contributed by atoms with Crippen LogP contribution in [0.2, 0.25) is 0 Å². The van der Waals surface area contributed by atoms with Gasteiger partial charge < -0.3 is 10.1 Å². The Kier molecular flexibility index (Phi) is 4.48. The van der Waals surface area contributed by atoms with Gasteiger partial charge in [0.05, 0.1) is 11.7 Å². The number of rotatable bonds is 4. The number of nitrogens with one attached hydrogen (secondary N) is 1. The minimum atomic E-state index is 0.166. The van der Waals surface area contributed by atoms with Crippen LogP contribution in [-0.2, 0) is 4.74 Å². The summed E-state index contributed by atoms with van der Waals surface area (Å²) in [5.74, 6) is 1.72. The third-order valence-electron chi connectivity index (χ3n) is 4.98. The molecular weight excluding hydrogens is 210 g/mol. The average Bonchev–Trinajstić information content (AvgIpc) is 2.73. The second kappa shape index (κ2) is 5.71. The van der Waals surface area contributed by atoms with Crippen LogP contribution in [0.4, 0.5) is 0 Å². The van der Waals surface area contributed by atoms with Crippen molar-refractivity contribution in [2.24, 2.45) is 11.8 Å². The highest BCUT2D eigenvalue weighted by atomic mass is 16.5. The predicted octanol–water partition coefficient (Wildman–Crippen LogP) is 3.36. The van der Waals surface area contributed by atoms with Crippen LogP contribution in [0.25, 0.3) is 0 Å². The highest BCUT2D eigenvalue weighted by molar-refractivity contribution is 4.90. The monoisotopic (exact) mass is 239 g/mol. The van der Waals surface area contributed by atoms with E-state index in [2.05, 4.69) is 26.2 Å². The van der Waals surface area contributed by atoms with Crippen molar-refractivity contribution in [3.8, 4) is 0 Å². The Balaban J connectivity index is 1.90. The highest BCUT2D eigenvalue weighted by Gasteiger charge is 2.38. The smallest absolute Gasteiger partial charge is 0.0809 e. The molecule has 2 fully saturated rings. The lowest BCUT2D eigenvalue weighted by Crippen LogP contribution is -2.44. The van der Waals surface area contributed by atoms with Crippen LogP contribution in [0, 0.1) is 11.8 Å². The molecule has 100 valence electrons. The lowest BCUT2D eigenvalue weighted by atomic mass is 9.80. The lowest BCUT2D eigenvalue weighted by molar-refractivity contribution is -0.110. The Morgan fingerprint density at radius 2 is 1.82 bits per heavy atom. The maximum Gasteiger partial charge on any atom is 0.0809 e. The molecule has 0 radical (unpaired) electrons. The van der Waals surface area contributed by atoms with Crippen molar-refractivity contribution >= 4 is 0 Å². The Morgan fingerprint density at radius 1 is 1.12 bits per heavy atom. The molecule has 0 heterocycles. The average molecular weight is 239 g/mol. The zero-order valence-corrected chi connectivity index (χ0v) is 11.8. The SMILES string of the molecule is CNCC1(OC2CCC(C)C(C)C2)CCCC1. The third-order valence-corrected chi connectivity index (χ3v) is 4.98. The van der Waals surface area contributed by atoms with Gasteiger partial charge >= 0.3 is 0 Å². The summed E-state index contributed by atoms with van der Waals surface area (Å²) in [6.45, 7) is 5.81. The molecule has 2 aliphatic carbocycles. The Bertz CT molecular complexity index is 235. The summed E-state index contributed by atoms with van der Waals surface area (Å²) in [5.41, 5.74) is 0.166. The molecule has 2 nitrogen and oxygen atoms in total. The van der Waals surface area contributed by atoms with Gasteiger partial charge in [-0.05, 0) is 51.0 Å². The fourth-order valence-electron chi connectivity index (χ4n) is 3.64. The van der Waals surface area contributed by atoms with E-state index >= 15 is 0 Å². The zero-order valence-electron chi connectivity index (χ0n) is 11.8. The number of likely N-dealkylation sites (N-methyl/N-ethyl adjacent to an activating group) is 1. The fourth-order valence-corrected chi connectivity index (χ4v) is 3.64. The summed E-state index contributed by atoms with van der Waals surface area (Å²) in [6.07, 6.45) is 9.63. The maximum atomic E-state index is 6.54. The van der Waals surface area contributed by atoms with Crippen LogP contribution in [0.15, 0.2) is 0 Å². The molecule has 2 heteroatoms. The van der Waals surface area contributed by atoms with Crippen molar-refractivity contribution in [2.45, 2.75) is 70.5 Å². The molecule has 0 bridgehead atoms.